The number of benzene rings is 2. The van der Waals surface area contributed by atoms with Gasteiger partial charge in [0.1, 0.15) is 4.90 Å². The molecule has 7 nitrogen and oxygen atoms in total. The minimum absolute atomic E-state index is 0.107. The number of hydrogen-bond acceptors (Lipinski definition) is 5. The van der Waals surface area contributed by atoms with E-state index in [1.165, 1.54) is 23.1 Å². The van der Waals surface area contributed by atoms with Gasteiger partial charge in [0, 0.05) is 23.9 Å². The molecule has 0 bridgehead atoms. The average Bonchev–Trinajstić information content (AvgIpc) is 3.51. The van der Waals surface area contributed by atoms with E-state index in [0.29, 0.717) is 12.8 Å². The molecule has 0 spiro atoms. The molecule has 1 amide bonds. The van der Waals surface area contributed by atoms with Crippen LogP contribution in [0, 0.1) is 10.1 Å². The Kier molecular flexibility index (Phi) is 5.83. The van der Waals surface area contributed by atoms with Crippen molar-refractivity contribution in [3.63, 3.8) is 0 Å². The fourth-order valence-corrected chi connectivity index (χ4v) is 4.23. The van der Waals surface area contributed by atoms with Crippen LogP contribution in [0.3, 0.4) is 0 Å². The number of nitro groups is 1. The quantitative estimate of drug-likeness (QED) is 0.475. The first-order valence-corrected chi connectivity index (χ1v) is 11.2. The van der Waals surface area contributed by atoms with Gasteiger partial charge < -0.3 is 4.90 Å². The van der Waals surface area contributed by atoms with Crippen LogP contribution in [0.5, 0.6) is 0 Å². The normalized spacial score (nSPS) is 15.4. The Morgan fingerprint density at radius 3 is 2.35 bits per heavy atom. The fourth-order valence-electron chi connectivity index (χ4n) is 3.40. The highest BCUT2D eigenvalue weighted by molar-refractivity contribution is 7.90. The van der Waals surface area contributed by atoms with Crippen LogP contribution in [0.1, 0.15) is 47.3 Å². The molecule has 11 heteroatoms. The highest BCUT2D eigenvalue weighted by atomic mass is 32.2. The van der Waals surface area contributed by atoms with Crippen LogP contribution in [0.15, 0.2) is 47.4 Å². The number of nitrogens with zero attached hydrogens (tertiary/aromatic N) is 2. The molecule has 0 heterocycles. The molecule has 0 aromatic heterocycles. The summed E-state index contributed by atoms with van der Waals surface area (Å²) in [7, 11) is -3.90. The van der Waals surface area contributed by atoms with E-state index in [-0.39, 0.29) is 17.2 Å². The third kappa shape index (κ3) is 4.87. The van der Waals surface area contributed by atoms with Crippen molar-refractivity contribution in [2.24, 2.45) is 0 Å². The monoisotopic (exact) mass is 456 g/mol. The molecule has 1 saturated carbocycles. The highest BCUT2D eigenvalue weighted by Gasteiger charge is 2.38. The Morgan fingerprint density at radius 2 is 1.84 bits per heavy atom. The summed E-state index contributed by atoms with van der Waals surface area (Å²) in [5, 5.41) is 11.4. The lowest BCUT2D eigenvalue weighted by atomic mass is 10.0. The molecular formula is C20H19F3N2O5S. The molecule has 0 radical (unpaired) electrons. The van der Waals surface area contributed by atoms with Gasteiger partial charge in [0.05, 0.1) is 16.5 Å². The summed E-state index contributed by atoms with van der Waals surface area (Å²) in [6.45, 7) is 1.59. The second-order valence-electron chi connectivity index (χ2n) is 7.45. The van der Waals surface area contributed by atoms with Gasteiger partial charge in [0.2, 0.25) is 0 Å². The van der Waals surface area contributed by atoms with Gasteiger partial charge in [-0.25, -0.2) is 8.42 Å². The maximum Gasteiger partial charge on any atom is 0.416 e. The third-order valence-corrected chi connectivity index (χ3v) is 6.23. The Morgan fingerprint density at radius 1 is 1.19 bits per heavy atom. The van der Waals surface area contributed by atoms with E-state index in [0.717, 1.165) is 30.5 Å². The van der Waals surface area contributed by atoms with Crippen molar-refractivity contribution in [1.82, 2.24) is 4.90 Å². The molecule has 1 aliphatic rings. The Labute approximate surface area is 176 Å². The zero-order chi connectivity index (χ0) is 23.1. The first-order chi connectivity index (χ1) is 14.3. The number of carbonyl (C=O) groups is 1. The molecule has 0 aliphatic heterocycles. The van der Waals surface area contributed by atoms with Gasteiger partial charge in [0.15, 0.2) is 9.84 Å². The second kappa shape index (κ2) is 7.95. The van der Waals surface area contributed by atoms with Crippen LogP contribution in [0.4, 0.5) is 18.9 Å². The van der Waals surface area contributed by atoms with Gasteiger partial charge in [0.25, 0.3) is 11.6 Å². The minimum atomic E-state index is -4.54. The van der Waals surface area contributed by atoms with E-state index in [1.54, 1.807) is 6.92 Å². The molecule has 31 heavy (non-hydrogen) atoms. The summed E-state index contributed by atoms with van der Waals surface area (Å²) in [6.07, 6.45) is -2.41. The minimum Gasteiger partial charge on any atom is -0.329 e. The number of rotatable bonds is 6. The second-order valence-corrected chi connectivity index (χ2v) is 9.44. The van der Waals surface area contributed by atoms with Crippen LogP contribution in [-0.2, 0) is 16.0 Å². The van der Waals surface area contributed by atoms with E-state index in [2.05, 4.69) is 0 Å². The largest absolute Gasteiger partial charge is 0.416 e. The lowest BCUT2D eigenvalue weighted by Gasteiger charge is -2.30. The summed E-state index contributed by atoms with van der Waals surface area (Å²) in [6, 6.07) is 6.79. The van der Waals surface area contributed by atoms with Gasteiger partial charge in [-0.15, -0.1) is 0 Å². The standard InChI is InChI=1S/C20H19F3N2O5S/c1-12(13-4-3-5-15(10-13)20(21,22)23)24(16-7-8-16)19(26)14-6-9-18(31(2,29)30)17(11-14)25(27)28/h3-6,9-12,16H,7-8H2,1-2H3. The maximum atomic E-state index is 13.2. The summed E-state index contributed by atoms with van der Waals surface area (Å²) in [5.74, 6) is -0.615. The molecule has 1 atom stereocenters. The summed E-state index contributed by atoms with van der Waals surface area (Å²) in [4.78, 5) is 24.5. The molecule has 1 aliphatic carbocycles. The van der Waals surface area contributed by atoms with Gasteiger partial charge in [-0.05, 0) is 49.6 Å². The molecule has 3 rings (SSSR count). The van der Waals surface area contributed by atoms with Gasteiger partial charge in [-0.3, -0.25) is 14.9 Å². The van der Waals surface area contributed by atoms with E-state index in [4.69, 9.17) is 0 Å². The zero-order valence-corrected chi connectivity index (χ0v) is 17.4. The van der Waals surface area contributed by atoms with Gasteiger partial charge >= 0.3 is 6.18 Å². The van der Waals surface area contributed by atoms with E-state index in [1.807, 2.05) is 0 Å². The molecule has 166 valence electrons. The smallest absolute Gasteiger partial charge is 0.329 e. The van der Waals surface area contributed by atoms with Crippen molar-refractivity contribution in [3.05, 3.63) is 69.3 Å². The number of carbonyl (C=O) groups excluding carboxylic acids is 1. The average molecular weight is 456 g/mol. The van der Waals surface area contributed by atoms with E-state index < -0.39 is 49.0 Å². The van der Waals surface area contributed by atoms with Crippen molar-refractivity contribution in [3.8, 4) is 0 Å². The predicted molar refractivity (Wildman–Crippen MR) is 105 cm³/mol. The Balaban J connectivity index is 2.00. The molecule has 1 fully saturated rings. The molecular weight excluding hydrogens is 437 g/mol. The molecule has 0 saturated heterocycles. The number of hydrogen-bond donors (Lipinski definition) is 0. The lowest BCUT2D eigenvalue weighted by molar-refractivity contribution is -0.387. The SMILES string of the molecule is CC(c1cccc(C(F)(F)F)c1)N(C(=O)c1ccc(S(C)(=O)=O)c([N+](=O)[O-])c1)C1CC1. The molecule has 2 aromatic carbocycles. The third-order valence-electron chi connectivity index (χ3n) is 5.09. The van der Waals surface area contributed by atoms with E-state index >= 15 is 0 Å². The first-order valence-electron chi connectivity index (χ1n) is 9.29. The van der Waals surface area contributed by atoms with Gasteiger partial charge in [-0.1, -0.05) is 12.1 Å². The van der Waals surface area contributed by atoms with Crippen LogP contribution in [-0.4, -0.2) is 36.4 Å². The number of alkyl halides is 3. The fraction of sp³-hybridized carbons (Fsp3) is 0.350. The highest BCUT2D eigenvalue weighted by Crippen LogP contribution is 2.38. The van der Waals surface area contributed by atoms with Crippen LogP contribution >= 0.6 is 0 Å². The molecule has 2 aromatic rings. The van der Waals surface area contributed by atoms with Crippen molar-refractivity contribution in [2.75, 3.05) is 6.26 Å². The van der Waals surface area contributed by atoms with Crippen LogP contribution in [0.25, 0.3) is 0 Å². The summed E-state index contributed by atoms with van der Waals surface area (Å²) >= 11 is 0. The number of amides is 1. The first kappa shape index (κ1) is 22.7. The summed E-state index contributed by atoms with van der Waals surface area (Å²) in [5.41, 5.74) is -1.40. The zero-order valence-electron chi connectivity index (χ0n) is 16.6. The van der Waals surface area contributed by atoms with Crippen LogP contribution in [0.2, 0.25) is 0 Å². The number of nitro benzene ring substituents is 1. The van der Waals surface area contributed by atoms with Crippen molar-refractivity contribution >= 4 is 21.4 Å². The van der Waals surface area contributed by atoms with Gasteiger partial charge in [-0.2, -0.15) is 13.2 Å². The Hall–Kier alpha value is -2.95. The molecule has 1 unspecified atom stereocenters. The number of sulfone groups is 1. The lowest BCUT2D eigenvalue weighted by Crippen LogP contribution is -2.35. The number of halogens is 3. The topological polar surface area (TPSA) is 97.6 Å². The van der Waals surface area contributed by atoms with Crippen molar-refractivity contribution in [1.29, 1.82) is 0 Å². The van der Waals surface area contributed by atoms with E-state index in [9.17, 15) is 36.5 Å². The molecule has 0 N–H and O–H groups in total. The maximum absolute atomic E-state index is 13.2. The summed E-state index contributed by atoms with van der Waals surface area (Å²) < 4.78 is 62.9. The van der Waals surface area contributed by atoms with Crippen molar-refractivity contribution in [2.45, 2.75) is 42.9 Å². The predicted octanol–water partition coefficient (Wildman–Crippen LogP) is 4.38. The van der Waals surface area contributed by atoms with Crippen LogP contribution < -0.4 is 0 Å². The van der Waals surface area contributed by atoms with Crippen molar-refractivity contribution < 1.29 is 31.3 Å². The Bertz CT molecular complexity index is 1140.